The van der Waals surface area contributed by atoms with Crippen molar-refractivity contribution in [1.29, 1.82) is 0 Å². The lowest BCUT2D eigenvalue weighted by atomic mass is 9.92. The zero-order chi connectivity index (χ0) is 25.8. The highest BCUT2D eigenvalue weighted by Gasteiger charge is 2.28. The smallest absolute Gasteiger partial charge is 0.243 e. The number of rotatable bonds is 9. The maximum atomic E-state index is 13.3. The molecule has 0 saturated carbocycles. The van der Waals surface area contributed by atoms with E-state index in [1.165, 1.54) is 19.2 Å². The highest BCUT2D eigenvalue weighted by atomic mass is 32.2. The van der Waals surface area contributed by atoms with Crippen molar-refractivity contribution < 1.29 is 22.3 Å². The lowest BCUT2D eigenvalue weighted by Crippen LogP contribution is -2.40. The fourth-order valence-electron chi connectivity index (χ4n) is 3.40. The number of anilines is 1. The number of carbonyl (C=O) groups is 1. The molecule has 3 aromatic rings. The van der Waals surface area contributed by atoms with Gasteiger partial charge in [0.2, 0.25) is 15.9 Å². The Hall–Kier alpha value is -3.08. The number of benzene rings is 2. The van der Waals surface area contributed by atoms with Crippen LogP contribution in [-0.4, -0.2) is 55.2 Å². The number of amides is 1. The van der Waals surface area contributed by atoms with Crippen LogP contribution in [0.1, 0.15) is 32.0 Å². The lowest BCUT2D eigenvalue weighted by molar-refractivity contribution is -0.116. The Morgan fingerprint density at radius 3 is 2.40 bits per heavy atom. The van der Waals surface area contributed by atoms with Gasteiger partial charge < -0.3 is 10.1 Å². The van der Waals surface area contributed by atoms with Crippen LogP contribution in [0.3, 0.4) is 0 Å². The quantitative estimate of drug-likeness (QED) is 0.479. The van der Waals surface area contributed by atoms with Crippen LogP contribution in [0, 0.1) is 12.7 Å². The van der Waals surface area contributed by atoms with Gasteiger partial charge in [-0.2, -0.15) is 9.40 Å². The molecule has 0 spiro atoms. The van der Waals surface area contributed by atoms with Gasteiger partial charge >= 0.3 is 0 Å². The van der Waals surface area contributed by atoms with E-state index in [-0.39, 0.29) is 23.5 Å². The van der Waals surface area contributed by atoms with E-state index in [4.69, 9.17) is 9.84 Å². The molecular formula is C25H31FN4O4S. The summed E-state index contributed by atoms with van der Waals surface area (Å²) in [6, 6.07) is 13.9. The minimum Gasteiger partial charge on any atom is -0.383 e. The SMILES string of the molecule is COCCN(CC(=O)Nc1cc(C(C)(C)C)nn1-c1ccccc1C)S(=O)(=O)c1ccc(F)cc1. The number of aryl methyl sites for hydroxylation is 1. The molecule has 1 aromatic heterocycles. The molecule has 0 fully saturated rings. The van der Waals surface area contributed by atoms with Gasteiger partial charge in [0.15, 0.2) is 0 Å². The summed E-state index contributed by atoms with van der Waals surface area (Å²) in [7, 11) is -2.62. The van der Waals surface area contributed by atoms with Gasteiger partial charge in [-0.15, -0.1) is 0 Å². The van der Waals surface area contributed by atoms with Crippen LogP contribution >= 0.6 is 0 Å². The summed E-state index contributed by atoms with van der Waals surface area (Å²) in [6.07, 6.45) is 0. The fraction of sp³-hybridized carbons (Fsp3) is 0.360. The number of halogens is 1. The average molecular weight is 503 g/mol. The average Bonchev–Trinajstić information content (AvgIpc) is 3.21. The number of hydrogen-bond donors (Lipinski definition) is 1. The second-order valence-corrected chi connectivity index (χ2v) is 11.1. The number of aromatic nitrogens is 2. The van der Waals surface area contributed by atoms with Crippen molar-refractivity contribution in [2.24, 2.45) is 0 Å². The molecule has 0 saturated heterocycles. The predicted octanol–water partition coefficient (Wildman–Crippen LogP) is 3.89. The van der Waals surface area contributed by atoms with Crippen LogP contribution in [0.25, 0.3) is 5.69 Å². The minimum atomic E-state index is -4.06. The van der Waals surface area contributed by atoms with Crippen molar-refractivity contribution in [2.75, 3.05) is 32.1 Å². The van der Waals surface area contributed by atoms with Crippen molar-refractivity contribution in [3.63, 3.8) is 0 Å². The first kappa shape index (κ1) is 26.5. The number of methoxy groups -OCH3 is 1. The summed E-state index contributed by atoms with van der Waals surface area (Å²) in [5.74, 6) is -0.661. The van der Waals surface area contributed by atoms with Gasteiger partial charge in [-0.1, -0.05) is 39.0 Å². The molecule has 0 atom stereocenters. The van der Waals surface area contributed by atoms with Crippen LogP contribution in [-0.2, 0) is 25.0 Å². The van der Waals surface area contributed by atoms with E-state index in [2.05, 4.69) is 5.32 Å². The van der Waals surface area contributed by atoms with Crippen molar-refractivity contribution >= 4 is 21.7 Å². The number of para-hydroxylation sites is 1. The van der Waals surface area contributed by atoms with Crippen molar-refractivity contribution in [2.45, 2.75) is 38.0 Å². The maximum absolute atomic E-state index is 13.3. The minimum absolute atomic E-state index is 0.0477. The third-order valence-corrected chi connectivity index (χ3v) is 7.26. The fourth-order valence-corrected chi connectivity index (χ4v) is 4.78. The molecule has 0 bridgehead atoms. The molecule has 0 aliphatic rings. The molecular weight excluding hydrogens is 471 g/mol. The molecule has 0 aliphatic heterocycles. The van der Waals surface area contributed by atoms with E-state index < -0.39 is 28.3 Å². The molecule has 8 nitrogen and oxygen atoms in total. The zero-order valence-corrected chi connectivity index (χ0v) is 21.4. The molecule has 0 radical (unpaired) electrons. The molecule has 0 aliphatic carbocycles. The van der Waals surface area contributed by atoms with Gasteiger partial charge in [-0.05, 0) is 42.8 Å². The van der Waals surface area contributed by atoms with E-state index in [0.717, 1.165) is 33.4 Å². The third kappa shape index (κ3) is 6.33. The Bertz CT molecular complexity index is 1280. The molecule has 0 unspecified atom stereocenters. The summed E-state index contributed by atoms with van der Waals surface area (Å²) >= 11 is 0. The Kier molecular flexibility index (Phi) is 8.09. The molecule has 188 valence electrons. The number of carbonyl (C=O) groups excluding carboxylic acids is 1. The molecule has 3 rings (SSSR count). The first-order valence-corrected chi connectivity index (χ1v) is 12.6. The summed E-state index contributed by atoms with van der Waals surface area (Å²) in [6.45, 7) is 7.59. The standard InChI is InChI=1S/C25H31FN4O4S/c1-18-8-6-7-9-21(18)30-23(16-22(28-30)25(2,3)4)27-24(31)17-29(14-15-34-5)35(32,33)20-12-10-19(26)11-13-20/h6-13,16H,14-15,17H2,1-5H3,(H,27,31). The lowest BCUT2D eigenvalue weighted by Gasteiger charge is -2.21. The first-order chi connectivity index (χ1) is 16.4. The van der Waals surface area contributed by atoms with Gasteiger partial charge in [0.25, 0.3) is 0 Å². The highest BCUT2D eigenvalue weighted by Crippen LogP contribution is 2.27. The van der Waals surface area contributed by atoms with Crippen molar-refractivity contribution in [1.82, 2.24) is 14.1 Å². The summed E-state index contributed by atoms with van der Waals surface area (Å²) in [5.41, 5.74) is 2.26. The molecule has 35 heavy (non-hydrogen) atoms. The summed E-state index contributed by atoms with van der Waals surface area (Å²) < 4.78 is 47.3. The predicted molar refractivity (Wildman–Crippen MR) is 133 cm³/mol. The molecule has 1 N–H and O–H groups in total. The highest BCUT2D eigenvalue weighted by molar-refractivity contribution is 7.89. The second kappa shape index (κ2) is 10.7. The molecule has 1 amide bonds. The Balaban J connectivity index is 1.92. The van der Waals surface area contributed by atoms with Crippen LogP contribution in [0.4, 0.5) is 10.2 Å². The molecule has 10 heteroatoms. The van der Waals surface area contributed by atoms with Gasteiger partial charge in [-0.3, -0.25) is 4.79 Å². The van der Waals surface area contributed by atoms with E-state index in [1.54, 1.807) is 10.7 Å². The monoisotopic (exact) mass is 502 g/mol. The summed E-state index contributed by atoms with van der Waals surface area (Å²) in [5, 5.41) is 7.54. The van der Waals surface area contributed by atoms with E-state index in [0.29, 0.717) is 5.82 Å². The largest absolute Gasteiger partial charge is 0.383 e. The van der Waals surface area contributed by atoms with Crippen molar-refractivity contribution in [3.05, 3.63) is 71.7 Å². The Morgan fingerprint density at radius 1 is 1.14 bits per heavy atom. The van der Waals surface area contributed by atoms with Crippen LogP contribution in [0.5, 0.6) is 0 Å². The van der Waals surface area contributed by atoms with Gasteiger partial charge in [-0.25, -0.2) is 17.5 Å². The third-order valence-electron chi connectivity index (χ3n) is 5.41. The number of nitrogens with one attached hydrogen (secondary N) is 1. The van der Waals surface area contributed by atoms with Gasteiger partial charge in [0.1, 0.15) is 11.6 Å². The van der Waals surface area contributed by atoms with Gasteiger partial charge in [0, 0.05) is 25.1 Å². The normalized spacial score (nSPS) is 12.2. The zero-order valence-electron chi connectivity index (χ0n) is 20.6. The number of ether oxygens (including phenoxy) is 1. The Labute approximate surface area is 205 Å². The van der Waals surface area contributed by atoms with E-state index >= 15 is 0 Å². The number of hydrogen-bond acceptors (Lipinski definition) is 5. The number of nitrogens with zero attached hydrogens (tertiary/aromatic N) is 3. The number of sulfonamides is 1. The maximum Gasteiger partial charge on any atom is 0.243 e. The topological polar surface area (TPSA) is 93.5 Å². The first-order valence-electron chi connectivity index (χ1n) is 11.1. The van der Waals surface area contributed by atoms with E-state index in [1.807, 2.05) is 52.0 Å². The Morgan fingerprint density at radius 2 is 1.80 bits per heavy atom. The van der Waals surface area contributed by atoms with Gasteiger partial charge in [0.05, 0.1) is 29.4 Å². The van der Waals surface area contributed by atoms with Crippen LogP contribution in [0.2, 0.25) is 0 Å². The molecule has 2 aromatic carbocycles. The van der Waals surface area contributed by atoms with E-state index in [9.17, 15) is 17.6 Å². The molecule has 1 heterocycles. The second-order valence-electron chi connectivity index (χ2n) is 9.20. The summed E-state index contributed by atoms with van der Waals surface area (Å²) in [4.78, 5) is 13.0. The van der Waals surface area contributed by atoms with Crippen LogP contribution < -0.4 is 5.32 Å². The van der Waals surface area contributed by atoms with Crippen molar-refractivity contribution in [3.8, 4) is 5.69 Å². The van der Waals surface area contributed by atoms with Crippen LogP contribution in [0.15, 0.2) is 59.5 Å².